The molecule has 2 fully saturated rings. The normalized spacial score (nSPS) is 22.4. The summed E-state index contributed by atoms with van der Waals surface area (Å²) >= 11 is 0. The number of sulfone groups is 1. The molecule has 26 heavy (non-hydrogen) atoms. The first-order valence-electron chi connectivity index (χ1n) is 8.77. The minimum Gasteiger partial charge on any atom is -0.497 e. The molecule has 2 amide bonds. The SMILES string of the molecule is COc1cccc(CCNC(=O)C2(C(=O)NC3CCS(=O)(=O)C3)CC2)c1. The largest absolute Gasteiger partial charge is 0.497 e. The molecule has 1 aliphatic heterocycles. The van der Waals surface area contributed by atoms with Gasteiger partial charge < -0.3 is 15.4 Å². The van der Waals surface area contributed by atoms with E-state index in [-0.39, 0.29) is 29.4 Å². The fourth-order valence-corrected chi connectivity index (χ4v) is 4.91. The van der Waals surface area contributed by atoms with Gasteiger partial charge in [-0.3, -0.25) is 9.59 Å². The van der Waals surface area contributed by atoms with E-state index in [1.807, 2.05) is 24.3 Å². The van der Waals surface area contributed by atoms with Crippen LogP contribution in [0.5, 0.6) is 5.75 Å². The topological polar surface area (TPSA) is 102 Å². The first-order valence-corrected chi connectivity index (χ1v) is 10.6. The molecular formula is C18H24N2O5S. The summed E-state index contributed by atoms with van der Waals surface area (Å²) < 4.78 is 28.2. The summed E-state index contributed by atoms with van der Waals surface area (Å²) in [7, 11) is -1.46. The van der Waals surface area contributed by atoms with Crippen molar-refractivity contribution in [3.63, 3.8) is 0 Å². The van der Waals surface area contributed by atoms with E-state index in [1.165, 1.54) is 0 Å². The molecule has 1 aliphatic carbocycles. The molecule has 1 atom stereocenters. The van der Waals surface area contributed by atoms with Crippen molar-refractivity contribution >= 4 is 21.7 Å². The third-order valence-electron chi connectivity index (χ3n) is 5.02. The van der Waals surface area contributed by atoms with Crippen molar-refractivity contribution in [1.82, 2.24) is 10.6 Å². The summed E-state index contributed by atoms with van der Waals surface area (Å²) in [5, 5.41) is 5.58. The van der Waals surface area contributed by atoms with E-state index in [9.17, 15) is 18.0 Å². The molecule has 0 bridgehead atoms. The molecule has 0 radical (unpaired) electrons. The Morgan fingerprint density at radius 1 is 1.27 bits per heavy atom. The van der Waals surface area contributed by atoms with Crippen LogP contribution in [0.3, 0.4) is 0 Å². The number of carbonyl (C=O) groups excluding carboxylic acids is 2. The van der Waals surface area contributed by atoms with Gasteiger partial charge in [0.2, 0.25) is 11.8 Å². The van der Waals surface area contributed by atoms with Crippen LogP contribution in [0.2, 0.25) is 0 Å². The van der Waals surface area contributed by atoms with Crippen molar-refractivity contribution < 1.29 is 22.7 Å². The Morgan fingerprint density at radius 3 is 2.65 bits per heavy atom. The van der Waals surface area contributed by atoms with Gasteiger partial charge in [0.25, 0.3) is 0 Å². The highest BCUT2D eigenvalue weighted by atomic mass is 32.2. The van der Waals surface area contributed by atoms with Crippen LogP contribution in [0.1, 0.15) is 24.8 Å². The Kier molecular flexibility index (Phi) is 5.22. The van der Waals surface area contributed by atoms with Crippen molar-refractivity contribution in [2.45, 2.75) is 31.7 Å². The Bertz CT molecular complexity index is 802. The molecule has 0 spiro atoms. The summed E-state index contributed by atoms with van der Waals surface area (Å²) in [5.74, 6) is 0.194. The van der Waals surface area contributed by atoms with Crippen molar-refractivity contribution in [3.8, 4) is 5.75 Å². The summed E-state index contributed by atoms with van der Waals surface area (Å²) in [5.41, 5.74) is 0.0101. The minimum atomic E-state index is -3.06. The maximum Gasteiger partial charge on any atom is 0.235 e. The van der Waals surface area contributed by atoms with Gasteiger partial charge in [-0.1, -0.05) is 12.1 Å². The van der Waals surface area contributed by atoms with E-state index in [0.29, 0.717) is 32.2 Å². The number of rotatable bonds is 7. The second kappa shape index (κ2) is 7.26. The first-order chi connectivity index (χ1) is 12.3. The molecule has 7 nitrogen and oxygen atoms in total. The molecule has 1 saturated carbocycles. The lowest BCUT2D eigenvalue weighted by molar-refractivity contribution is -0.137. The Labute approximate surface area is 153 Å². The maximum atomic E-state index is 12.5. The number of nitrogens with one attached hydrogen (secondary N) is 2. The number of hydrogen-bond acceptors (Lipinski definition) is 5. The molecule has 1 saturated heterocycles. The van der Waals surface area contributed by atoms with Crippen molar-refractivity contribution in [1.29, 1.82) is 0 Å². The third kappa shape index (κ3) is 4.17. The third-order valence-corrected chi connectivity index (χ3v) is 6.79. The number of methoxy groups -OCH3 is 1. The maximum absolute atomic E-state index is 12.5. The highest BCUT2D eigenvalue weighted by Crippen LogP contribution is 2.46. The van der Waals surface area contributed by atoms with Crippen LogP contribution < -0.4 is 15.4 Å². The highest BCUT2D eigenvalue weighted by Gasteiger charge is 2.56. The molecule has 3 rings (SSSR count). The summed E-state index contributed by atoms with van der Waals surface area (Å²) in [4.78, 5) is 24.9. The standard InChI is InChI=1S/C18H24N2O5S/c1-25-15-4-2-3-13(11-15)5-9-19-16(21)18(7-8-18)17(22)20-14-6-10-26(23,24)12-14/h2-4,11,14H,5-10,12H2,1H3,(H,19,21)(H,20,22). The van der Waals surface area contributed by atoms with Gasteiger partial charge >= 0.3 is 0 Å². The van der Waals surface area contributed by atoms with Crippen LogP contribution in [-0.2, 0) is 25.8 Å². The van der Waals surface area contributed by atoms with E-state index >= 15 is 0 Å². The molecule has 2 N–H and O–H groups in total. The average molecular weight is 380 g/mol. The Balaban J connectivity index is 1.50. The number of amides is 2. The molecular weight excluding hydrogens is 356 g/mol. The van der Waals surface area contributed by atoms with Crippen LogP contribution >= 0.6 is 0 Å². The predicted octanol–water partition coefficient (Wildman–Crippen LogP) is 0.437. The van der Waals surface area contributed by atoms with Gasteiger partial charge in [-0.05, 0) is 43.4 Å². The van der Waals surface area contributed by atoms with E-state index in [0.717, 1.165) is 11.3 Å². The quantitative estimate of drug-likeness (QED) is 0.669. The van der Waals surface area contributed by atoms with E-state index in [4.69, 9.17) is 4.74 Å². The minimum absolute atomic E-state index is 0.0354. The van der Waals surface area contributed by atoms with Gasteiger partial charge in [-0.2, -0.15) is 0 Å². The average Bonchev–Trinajstić information content (AvgIpc) is 3.35. The smallest absolute Gasteiger partial charge is 0.235 e. The first kappa shape index (κ1) is 18.7. The molecule has 2 aliphatic rings. The van der Waals surface area contributed by atoms with Gasteiger partial charge in [-0.15, -0.1) is 0 Å². The monoisotopic (exact) mass is 380 g/mol. The molecule has 1 unspecified atom stereocenters. The van der Waals surface area contributed by atoms with E-state index < -0.39 is 15.3 Å². The number of carbonyl (C=O) groups is 2. The zero-order valence-electron chi connectivity index (χ0n) is 14.8. The van der Waals surface area contributed by atoms with Crippen LogP contribution in [0.25, 0.3) is 0 Å². The van der Waals surface area contributed by atoms with Crippen molar-refractivity contribution in [2.75, 3.05) is 25.2 Å². The van der Waals surface area contributed by atoms with Gasteiger partial charge in [0.1, 0.15) is 11.2 Å². The lowest BCUT2D eigenvalue weighted by Gasteiger charge is -2.18. The Morgan fingerprint density at radius 2 is 2.04 bits per heavy atom. The number of hydrogen-bond donors (Lipinski definition) is 2. The van der Waals surface area contributed by atoms with E-state index in [1.54, 1.807) is 7.11 Å². The highest BCUT2D eigenvalue weighted by molar-refractivity contribution is 7.91. The second-order valence-corrected chi connectivity index (χ2v) is 9.24. The molecule has 1 aromatic rings. The second-order valence-electron chi connectivity index (χ2n) is 7.01. The van der Waals surface area contributed by atoms with Crippen LogP contribution in [0, 0.1) is 5.41 Å². The lowest BCUT2D eigenvalue weighted by atomic mass is 10.0. The fourth-order valence-electron chi connectivity index (χ4n) is 3.23. The van der Waals surface area contributed by atoms with Crippen LogP contribution in [0.15, 0.2) is 24.3 Å². The van der Waals surface area contributed by atoms with Crippen molar-refractivity contribution in [2.24, 2.45) is 5.41 Å². The molecule has 8 heteroatoms. The van der Waals surface area contributed by atoms with Crippen LogP contribution in [-0.4, -0.2) is 51.4 Å². The number of ether oxygens (including phenoxy) is 1. The molecule has 0 aromatic heterocycles. The molecule has 142 valence electrons. The predicted molar refractivity (Wildman–Crippen MR) is 96.6 cm³/mol. The molecule has 1 heterocycles. The van der Waals surface area contributed by atoms with Crippen molar-refractivity contribution in [3.05, 3.63) is 29.8 Å². The van der Waals surface area contributed by atoms with Gasteiger partial charge in [0.05, 0.1) is 18.6 Å². The molecule has 1 aromatic carbocycles. The summed E-state index contributed by atoms with van der Waals surface area (Å²) in [6.07, 6.45) is 2.07. The van der Waals surface area contributed by atoms with Gasteiger partial charge in [0.15, 0.2) is 9.84 Å². The van der Waals surface area contributed by atoms with E-state index in [2.05, 4.69) is 10.6 Å². The Hall–Kier alpha value is -2.09. The fraction of sp³-hybridized carbons (Fsp3) is 0.556. The summed E-state index contributed by atoms with van der Waals surface area (Å²) in [6, 6.07) is 7.23. The summed E-state index contributed by atoms with van der Waals surface area (Å²) in [6.45, 7) is 0.429. The van der Waals surface area contributed by atoms with Gasteiger partial charge in [0, 0.05) is 12.6 Å². The van der Waals surface area contributed by atoms with Crippen LogP contribution in [0.4, 0.5) is 0 Å². The zero-order chi connectivity index (χ0) is 18.8. The van der Waals surface area contributed by atoms with Gasteiger partial charge in [-0.25, -0.2) is 8.42 Å². The lowest BCUT2D eigenvalue weighted by Crippen LogP contribution is -2.47. The number of benzene rings is 1. The zero-order valence-corrected chi connectivity index (χ0v) is 15.6.